The molecule has 0 bridgehead atoms. The number of hydrogen-bond acceptors (Lipinski definition) is 4. The van der Waals surface area contributed by atoms with E-state index < -0.39 is 5.97 Å². The van der Waals surface area contributed by atoms with Gasteiger partial charge < -0.3 is 16.0 Å². The summed E-state index contributed by atoms with van der Waals surface area (Å²) in [6.07, 6.45) is 2.31. The molecule has 0 fully saturated rings. The molecule has 19 heavy (non-hydrogen) atoms. The summed E-state index contributed by atoms with van der Waals surface area (Å²) >= 11 is 0. The normalized spacial score (nSPS) is 11.9. The van der Waals surface area contributed by atoms with E-state index in [0.29, 0.717) is 18.5 Å². The Kier molecular flexibility index (Phi) is 3.65. The van der Waals surface area contributed by atoms with Gasteiger partial charge in [-0.25, -0.2) is 0 Å². The van der Waals surface area contributed by atoms with Crippen molar-refractivity contribution in [2.75, 3.05) is 0 Å². The average Bonchev–Trinajstić information content (AvgIpc) is 2.80. The number of carboxylic acids is 1. The molecule has 2 aromatic rings. The molecule has 0 atom stereocenters. The van der Waals surface area contributed by atoms with E-state index in [9.17, 15) is 4.79 Å². The number of benzene rings is 1. The summed E-state index contributed by atoms with van der Waals surface area (Å²) in [7, 11) is 0. The molecule has 0 unspecified atom stereocenters. The van der Waals surface area contributed by atoms with Crippen LogP contribution in [0.5, 0.6) is 0 Å². The van der Waals surface area contributed by atoms with E-state index in [1.54, 1.807) is 23.0 Å². The topological polar surface area (TPSA) is 114 Å². The lowest BCUT2D eigenvalue weighted by atomic mass is 10.1. The maximum atomic E-state index is 10.5. The monoisotopic (exact) mass is 262 g/mol. The molecule has 7 nitrogen and oxygen atoms in total. The second-order valence-electron chi connectivity index (χ2n) is 4.12. The fourth-order valence-electron chi connectivity index (χ4n) is 1.86. The second kappa shape index (κ2) is 5.38. The minimum absolute atomic E-state index is 0.0422. The molecule has 0 aliphatic carbocycles. The van der Waals surface area contributed by atoms with Crippen LogP contribution in [-0.4, -0.2) is 31.9 Å². The van der Waals surface area contributed by atoms with Gasteiger partial charge in [0.25, 0.3) is 0 Å². The van der Waals surface area contributed by atoms with E-state index in [1.807, 2.05) is 6.07 Å². The van der Waals surface area contributed by atoms with Gasteiger partial charge >= 0.3 is 5.97 Å². The number of aryl methyl sites for hydroxylation is 1. The highest BCUT2D eigenvalue weighted by atomic mass is 16.4. The van der Waals surface area contributed by atoms with Crippen LogP contribution in [0.1, 0.15) is 18.4 Å². The van der Waals surface area contributed by atoms with Crippen LogP contribution in [0, 0.1) is 0 Å². The van der Waals surface area contributed by atoms with Crippen LogP contribution in [0.15, 0.2) is 29.6 Å². The first-order chi connectivity index (χ1) is 9.11. The van der Waals surface area contributed by atoms with Crippen LogP contribution in [0.2, 0.25) is 0 Å². The smallest absolute Gasteiger partial charge is 0.303 e. The van der Waals surface area contributed by atoms with Crippen LogP contribution in [0.3, 0.4) is 0 Å². The van der Waals surface area contributed by atoms with Crippen LogP contribution in [0.4, 0.5) is 0 Å². The van der Waals surface area contributed by atoms with E-state index in [0.717, 1.165) is 10.9 Å². The molecule has 4 N–H and O–H groups in total. The molecule has 100 valence electrons. The minimum atomic E-state index is -0.814. The maximum Gasteiger partial charge on any atom is 0.303 e. The van der Waals surface area contributed by atoms with E-state index >= 15 is 0 Å². The number of fused-ring (bicyclic) bond motifs is 1. The summed E-state index contributed by atoms with van der Waals surface area (Å²) < 4.78 is 1.74. The van der Waals surface area contributed by atoms with Gasteiger partial charge in [0.1, 0.15) is 0 Å². The molecule has 0 amide bonds. The maximum absolute atomic E-state index is 10.5. The number of hydrogen-bond donors (Lipinski definition) is 3. The number of carboxylic acid groups (broad SMARTS) is 1. The summed E-state index contributed by atoms with van der Waals surface area (Å²) in [5, 5.41) is 25.2. The highest BCUT2D eigenvalue weighted by molar-refractivity contribution is 6.00. The van der Waals surface area contributed by atoms with Gasteiger partial charge in [-0.15, -0.1) is 0 Å². The van der Waals surface area contributed by atoms with Gasteiger partial charge in [0.15, 0.2) is 5.84 Å². The molecule has 1 heterocycles. The number of amidine groups is 1. The van der Waals surface area contributed by atoms with Crippen molar-refractivity contribution in [1.82, 2.24) is 9.78 Å². The Balaban J connectivity index is 2.22. The summed E-state index contributed by atoms with van der Waals surface area (Å²) in [4.78, 5) is 10.5. The third kappa shape index (κ3) is 2.82. The molecule has 2 rings (SSSR count). The molecule has 7 heteroatoms. The number of rotatable bonds is 5. The lowest BCUT2D eigenvalue weighted by molar-refractivity contribution is -0.137. The number of carbonyl (C=O) groups is 1. The molecule has 1 aromatic carbocycles. The number of aromatic nitrogens is 2. The van der Waals surface area contributed by atoms with Gasteiger partial charge in [0, 0.05) is 23.9 Å². The average molecular weight is 262 g/mol. The van der Waals surface area contributed by atoms with Gasteiger partial charge in [-0.2, -0.15) is 5.10 Å². The molecule has 0 aliphatic heterocycles. The van der Waals surface area contributed by atoms with Crippen LogP contribution in [0.25, 0.3) is 10.9 Å². The lowest BCUT2D eigenvalue weighted by Crippen LogP contribution is -2.12. The van der Waals surface area contributed by atoms with E-state index in [-0.39, 0.29) is 12.3 Å². The van der Waals surface area contributed by atoms with Gasteiger partial charge in [-0.3, -0.25) is 9.48 Å². The highest BCUT2D eigenvalue weighted by Gasteiger charge is 2.06. The number of nitrogens with two attached hydrogens (primary N) is 1. The van der Waals surface area contributed by atoms with Crippen LogP contribution < -0.4 is 5.73 Å². The van der Waals surface area contributed by atoms with Gasteiger partial charge in [-0.1, -0.05) is 5.16 Å². The predicted octanol–water partition coefficient (Wildman–Crippen LogP) is 0.996. The number of aliphatic carboxylic acids is 1. The number of nitrogens with zero attached hydrogens (tertiary/aromatic N) is 3. The van der Waals surface area contributed by atoms with Crippen LogP contribution >= 0.6 is 0 Å². The van der Waals surface area contributed by atoms with Crippen molar-refractivity contribution in [3.8, 4) is 0 Å². The largest absolute Gasteiger partial charge is 0.481 e. The quantitative estimate of drug-likeness (QED) is 0.322. The summed E-state index contributed by atoms with van der Waals surface area (Å²) in [6, 6.07) is 5.31. The zero-order chi connectivity index (χ0) is 13.8. The molecule has 0 saturated carbocycles. The Morgan fingerprint density at radius 2 is 2.26 bits per heavy atom. The second-order valence-corrected chi connectivity index (χ2v) is 4.12. The van der Waals surface area contributed by atoms with E-state index in [2.05, 4.69) is 10.3 Å². The molecule has 0 aliphatic rings. The minimum Gasteiger partial charge on any atom is -0.481 e. The first-order valence-corrected chi connectivity index (χ1v) is 5.77. The number of oxime groups is 1. The third-order valence-electron chi connectivity index (χ3n) is 2.81. The summed E-state index contributed by atoms with van der Waals surface area (Å²) in [6.45, 7) is 0.540. The Bertz CT molecular complexity index is 633. The zero-order valence-electron chi connectivity index (χ0n) is 10.2. The Labute approximate surface area is 108 Å². The fraction of sp³-hybridized carbons (Fsp3) is 0.250. The van der Waals surface area contributed by atoms with Gasteiger partial charge in [0.2, 0.25) is 0 Å². The SMILES string of the molecule is NC(=NO)c1ccc2c(cnn2CCCC(=O)O)c1. The van der Waals surface area contributed by atoms with E-state index in [1.165, 1.54) is 0 Å². The Hall–Kier alpha value is -2.57. The summed E-state index contributed by atoms with van der Waals surface area (Å²) in [5.41, 5.74) is 7.01. The molecule has 0 spiro atoms. The molecule has 0 radical (unpaired) electrons. The first kappa shape index (κ1) is 12.9. The standard InChI is InChI=1S/C12H14N4O3/c13-12(15-19)8-3-4-10-9(6-8)7-14-16(10)5-1-2-11(17)18/h3-4,6-7,19H,1-2,5H2,(H2,13,15)(H,17,18). The molecular formula is C12H14N4O3. The van der Waals surface area contributed by atoms with Gasteiger partial charge in [-0.05, 0) is 24.6 Å². The van der Waals surface area contributed by atoms with Crippen molar-refractivity contribution in [3.05, 3.63) is 30.0 Å². The van der Waals surface area contributed by atoms with Crippen LogP contribution in [-0.2, 0) is 11.3 Å². The van der Waals surface area contributed by atoms with Crippen molar-refractivity contribution in [3.63, 3.8) is 0 Å². The van der Waals surface area contributed by atoms with Crippen molar-refractivity contribution in [2.24, 2.45) is 10.9 Å². The van der Waals surface area contributed by atoms with E-state index in [4.69, 9.17) is 16.0 Å². The van der Waals surface area contributed by atoms with Crippen molar-refractivity contribution < 1.29 is 15.1 Å². The highest BCUT2D eigenvalue weighted by Crippen LogP contribution is 2.16. The predicted molar refractivity (Wildman–Crippen MR) is 69.1 cm³/mol. The lowest BCUT2D eigenvalue weighted by Gasteiger charge is -2.03. The molecule has 1 aromatic heterocycles. The fourth-order valence-corrected chi connectivity index (χ4v) is 1.86. The van der Waals surface area contributed by atoms with Crippen molar-refractivity contribution in [2.45, 2.75) is 19.4 Å². The Morgan fingerprint density at radius 3 is 2.95 bits per heavy atom. The molecular weight excluding hydrogens is 248 g/mol. The van der Waals surface area contributed by atoms with Gasteiger partial charge in [0.05, 0.1) is 11.7 Å². The molecule has 0 saturated heterocycles. The zero-order valence-corrected chi connectivity index (χ0v) is 10.2. The Morgan fingerprint density at radius 1 is 1.47 bits per heavy atom. The first-order valence-electron chi connectivity index (χ1n) is 5.77. The van der Waals surface area contributed by atoms with Crippen molar-refractivity contribution in [1.29, 1.82) is 0 Å². The third-order valence-corrected chi connectivity index (χ3v) is 2.81. The van der Waals surface area contributed by atoms with Crippen molar-refractivity contribution >= 4 is 22.7 Å². The summed E-state index contributed by atoms with van der Waals surface area (Å²) in [5.74, 6) is -0.772.